The van der Waals surface area contributed by atoms with Crippen molar-refractivity contribution < 1.29 is 9.53 Å². The molecule has 9 heteroatoms. The minimum Gasteiger partial charge on any atom is -0.459 e. The number of nitrogens with one attached hydrogen (secondary N) is 3. The molecule has 0 aromatic carbocycles. The first kappa shape index (κ1) is 38.8. The Hall–Kier alpha value is -2.42. The number of nitrogens with zero attached hydrogens (tertiary/aromatic N) is 4. The fourth-order valence-corrected chi connectivity index (χ4v) is 6.36. The fraction of sp³-hybridized carbons (Fsp3) is 0.833. The molecule has 3 N–H and O–H groups in total. The summed E-state index contributed by atoms with van der Waals surface area (Å²) in [5, 5.41) is 10.6. The lowest BCUT2D eigenvalue weighted by molar-refractivity contribution is -0.147. The zero-order valence-electron chi connectivity index (χ0n) is 30.2. The SMILES string of the molecule is CCCCCCCCNc1nc(NCCCCCCCC)nc(N(CCCC)/C(C)=C/C(=O)OC2CC(C)(C)NC(C)(C)C2)n1. The van der Waals surface area contributed by atoms with E-state index in [1.165, 1.54) is 64.2 Å². The topological polar surface area (TPSA) is 104 Å². The van der Waals surface area contributed by atoms with Gasteiger partial charge in [0.05, 0.1) is 0 Å². The molecule has 1 fully saturated rings. The van der Waals surface area contributed by atoms with E-state index in [-0.39, 0.29) is 23.2 Å². The van der Waals surface area contributed by atoms with Gasteiger partial charge in [0.15, 0.2) is 0 Å². The first-order valence-electron chi connectivity index (χ1n) is 18.2. The van der Waals surface area contributed by atoms with E-state index < -0.39 is 0 Å². The highest BCUT2D eigenvalue weighted by Gasteiger charge is 2.39. The first-order valence-corrected chi connectivity index (χ1v) is 18.2. The van der Waals surface area contributed by atoms with E-state index in [1.807, 2.05) is 11.8 Å². The second-order valence-electron chi connectivity index (χ2n) is 14.3. The van der Waals surface area contributed by atoms with Crippen molar-refractivity contribution in [3.05, 3.63) is 11.8 Å². The van der Waals surface area contributed by atoms with E-state index in [0.717, 1.165) is 57.3 Å². The van der Waals surface area contributed by atoms with Gasteiger partial charge in [-0.25, -0.2) is 4.79 Å². The number of ether oxygens (including phenoxy) is 1. The number of allylic oxidation sites excluding steroid dienone is 1. The number of carbonyl (C=O) groups is 1. The summed E-state index contributed by atoms with van der Waals surface area (Å²) < 4.78 is 6.01. The summed E-state index contributed by atoms with van der Waals surface area (Å²) in [6.45, 7) is 19.6. The third-order valence-corrected chi connectivity index (χ3v) is 8.42. The lowest BCUT2D eigenvalue weighted by Crippen LogP contribution is -2.59. The molecule has 1 aliphatic rings. The van der Waals surface area contributed by atoms with Crippen molar-refractivity contribution in [2.75, 3.05) is 35.2 Å². The molecule has 2 rings (SSSR count). The van der Waals surface area contributed by atoms with Crippen molar-refractivity contribution in [3.8, 4) is 0 Å². The predicted octanol–water partition coefficient (Wildman–Crippen LogP) is 8.78. The lowest BCUT2D eigenvalue weighted by Gasteiger charge is -2.45. The van der Waals surface area contributed by atoms with Crippen LogP contribution in [0.4, 0.5) is 17.8 Å². The Bertz CT molecular complexity index is 959. The number of rotatable bonds is 23. The molecule has 258 valence electrons. The van der Waals surface area contributed by atoms with E-state index in [2.05, 4.69) is 64.4 Å². The number of carbonyl (C=O) groups excluding carboxylic acids is 1. The molecule has 0 amide bonds. The van der Waals surface area contributed by atoms with Gasteiger partial charge < -0.3 is 25.6 Å². The van der Waals surface area contributed by atoms with Gasteiger partial charge in [-0.1, -0.05) is 91.4 Å². The summed E-state index contributed by atoms with van der Waals surface area (Å²) >= 11 is 0. The normalized spacial score (nSPS) is 16.4. The summed E-state index contributed by atoms with van der Waals surface area (Å²) in [4.78, 5) is 29.7. The van der Waals surface area contributed by atoms with Crippen molar-refractivity contribution >= 4 is 23.8 Å². The second kappa shape index (κ2) is 20.7. The molecule has 0 spiro atoms. The maximum atomic E-state index is 13.2. The molecule has 0 bridgehead atoms. The van der Waals surface area contributed by atoms with Gasteiger partial charge in [0.1, 0.15) is 6.10 Å². The van der Waals surface area contributed by atoms with Crippen LogP contribution in [-0.2, 0) is 9.53 Å². The average molecular weight is 630 g/mol. The van der Waals surface area contributed by atoms with Crippen molar-refractivity contribution in [1.29, 1.82) is 0 Å². The number of aromatic nitrogens is 3. The Balaban J connectivity index is 2.19. The van der Waals surface area contributed by atoms with E-state index in [4.69, 9.17) is 19.7 Å². The highest BCUT2D eigenvalue weighted by molar-refractivity contribution is 5.83. The second-order valence-corrected chi connectivity index (χ2v) is 14.3. The quantitative estimate of drug-likeness (QED) is 0.0622. The van der Waals surface area contributed by atoms with Crippen LogP contribution < -0.4 is 20.9 Å². The van der Waals surface area contributed by atoms with Crippen LogP contribution in [0, 0.1) is 0 Å². The predicted molar refractivity (Wildman–Crippen MR) is 190 cm³/mol. The van der Waals surface area contributed by atoms with Crippen LogP contribution in [0.3, 0.4) is 0 Å². The maximum absolute atomic E-state index is 13.2. The first-order chi connectivity index (χ1) is 21.5. The van der Waals surface area contributed by atoms with Gasteiger partial charge in [0.25, 0.3) is 0 Å². The van der Waals surface area contributed by atoms with Crippen molar-refractivity contribution in [3.63, 3.8) is 0 Å². The number of hydrogen-bond donors (Lipinski definition) is 3. The van der Waals surface area contributed by atoms with Crippen molar-refractivity contribution in [2.45, 2.75) is 175 Å². The van der Waals surface area contributed by atoms with Crippen LogP contribution in [0.2, 0.25) is 0 Å². The molecule has 2 heterocycles. The van der Waals surface area contributed by atoms with Gasteiger partial charge in [0, 0.05) is 55.3 Å². The van der Waals surface area contributed by atoms with E-state index in [9.17, 15) is 4.79 Å². The molecular weight excluding hydrogens is 562 g/mol. The molecule has 0 saturated carbocycles. The van der Waals surface area contributed by atoms with Gasteiger partial charge in [0.2, 0.25) is 17.8 Å². The van der Waals surface area contributed by atoms with Crippen LogP contribution in [0.15, 0.2) is 11.8 Å². The monoisotopic (exact) mass is 630 g/mol. The molecule has 1 aliphatic heterocycles. The summed E-state index contributed by atoms with van der Waals surface area (Å²) in [5.41, 5.74) is 0.582. The third kappa shape index (κ3) is 16.1. The van der Waals surface area contributed by atoms with Crippen LogP contribution in [-0.4, -0.2) is 57.7 Å². The Morgan fingerprint density at radius 2 is 1.24 bits per heavy atom. The van der Waals surface area contributed by atoms with Crippen LogP contribution >= 0.6 is 0 Å². The molecule has 1 aromatic heterocycles. The van der Waals surface area contributed by atoms with Gasteiger partial charge >= 0.3 is 5.97 Å². The third-order valence-electron chi connectivity index (χ3n) is 8.42. The van der Waals surface area contributed by atoms with Crippen LogP contribution in [0.1, 0.15) is 158 Å². The average Bonchev–Trinajstić information content (AvgIpc) is 2.94. The highest BCUT2D eigenvalue weighted by Crippen LogP contribution is 2.30. The lowest BCUT2D eigenvalue weighted by atomic mass is 9.81. The largest absolute Gasteiger partial charge is 0.459 e. The highest BCUT2D eigenvalue weighted by atomic mass is 16.5. The van der Waals surface area contributed by atoms with Crippen LogP contribution in [0.25, 0.3) is 0 Å². The molecule has 45 heavy (non-hydrogen) atoms. The Kier molecular flexibility index (Phi) is 17.8. The standard InChI is InChI=1S/C36H67N7O2/c1-9-12-15-17-19-21-23-37-32-39-33(38-24-22-20-18-16-13-10-2)41-34(40-32)43(25-14-11-3)29(4)26-31(44)45-30-27-35(5,6)42-36(7,8)28-30/h26,30,42H,9-25,27-28H2,1-8H3,(H2,37,38,39,40,41)/b29-26+. The molecular formula is C36H67N7O2. The Morgan fingerprint density at radius 1 is 0.778 bits per heavy atom. The van der Waals surface area contributed by atoms with Crippen molar-refractivity contribution in [2.24, 2.45) is 0 Å². The molecule has 1 aromatic rings. The fourth-order valence-electron chi connectivity index (χ4n) is 6.36. The summed E-state index contributed by atoms with van der Waals surface area (Å²) in [5.74, 6) is 1.40. The zero-order valence-corrected chi connectivity index (χ0v) is 30.2. The van der Waals surface area contributed by atoms with Gasteiger partial charge in [-0.15, -0.1) is 0 Å². The van der Waals surface area contributed by atoms with Crippen molar-refractivity contribution in [1.82, 2.24) is 20.3 Å². The number of piperidine rings is 1. The molecule has 0 atom stereocenters. The van der Waals surface area contributed by atoms with Gasteiger partial charge in [-0.3, -0.25) is 0 Å². The van der Waals surface area contributed by atoms with E-state index >= 15 is 0 Å². The van der Waals surface area contributed by atoms with E-state index in [1.54, 1.807) is 6.08 Å². The Labute approximate surface area is 275 Å². The summed E-state index contributed by atoms with van der Waals surface area (Å²) in [7, 11) is 0. The zero-order chi connectivity index (χ0) is 33.1. The van der Waals surface area contributed by atoms with Gasteiger partial charge in [-0.2, -0.15) is 15.0 Å². The molecule has 0 radical (unpaired) electrons. The minimum atomic E-state index is -0.315. The Morgan fingerprint density at radius 3 is 1.73 bits per heavy atom. The minimum absolute atomic E-state index is 0.0959. The molecule has 0 unspecified atom stereocenters. The smallest absolute Gasteiger partial charge is 0.332 e. The van der Waals surface area contributed by atoms with Crippen LogP contribution in [0.5, 0.6) is 0 Å². The summed E-state index contributed by atoms with van der Waals surface area (Å²) in [6, 6.07) is 0. The van der Waals surface area contributed by atoms with Gasteiger partial charge in [-0.05, 0) is 53.9 Å². The molecule has 0 aliphatic carbocycles. The summed E-state index contributed by atoms with van der Waals surface area (Å²) in [6.07, 6.45) is 19.8. The van der Waals surface area contributed by atoms with E-state index in [0.29, 0.717) is 24.4 Å². The number of esters is 1. The number of anilines is 3. The maximum Gasteiger partial charge on any atom is 0.332 e. The number of hydrogen-bond acceptors (Lipinski definition) is 9. The number of unbranched alkanes of at least 4 members (excludes halogenated alkanes) is 11. The molecule has 1 saturated heterocycles. The molecule has 9 nitrogen and oxygen atoms in total.